The Balaban J connectivity index is 2.52. The molecule has 98 valence electrons. The van der Waals surface area contributed by atoms with E-state index in [0.29, 0.717) is 0 Å². The fourth-order valence-electron chi connectivity index (χ4n) is 2.24. The van der Waals surface area contributed by atoms with Crippen molar-refractivity contribution < 1.29 is 4.79 Å². The largest absolute Gasteiger partial charge is 0.323 e. The predicted octanol–water partition coefficient (Wildman–Crippen LogP) is 1.39. The number of nitrogens with zero attached hydrogens (tertiary/aromatic N) is 3. The van der Waals surface area contributed by atoms with E-state index in [1.807, 2.05) is 13.2 Å². The highest BCUT2D eigenvalue weighted by Crippen LogP contribution is 2.32. The van der Waals surface area contributed by atoms with Gasteiger partial charge in [-0.05, 0) is 0 Å². The van der Waals surface area contributed by atoms with Crippen molar-refractivity contribution in [1.29, 1.82) is 5.41 Å². The SMILES string of the molecule is CN1C(=O)NC(=N)C1c1cn(C)nc1C(C)(C)C. The second-order valence-electron chi connectivity index (χ2n) is 5.71. The summed E-state index contributed by atoms with van der Waals surface area (Å²) in [6.07, 6.45) is 1.89. The van der Waals surface area contributed by atoms with Crippen molar-refractivity contribution in [3.8, 4) is 0 Å². The highest BCUT2D eigenvalue weighted by atomic mass is 16.2. The zero-order valence-electron chi connectivity index (χ0n) is 11.4. The molecular formula is C12H19N5O. The highest BCUT2D eigenvalue weighted by molar-refractivity contribution is 6.05. The molecule has 1 aliphatic heterocycles. The first-order valence-electron chi connectivity index (χ1n) is 5.88. The Hall–Kier alpha value is -1.85. The quantitative estimate of drug-likeness (QED) is 0.789. The Kier molecular flexibility index (Phi) is 2.68. The van der Waals surface area contributed by atoms with Crippen molar-refractivity contribution in [3.63, 3.8) is 0 Å². The minimum atomic E-state index is -0.361. The van der Waals surface area contributed by atoms with Gasteiger partial charge in [0.05, 0.1) is 5.69 Å². The molecule has 1 aromatic rings. The van der Waals surface area contributed by atoms with Crippen LogP contribution < -0.4 is 5.32 Å². The van der Waals surface area contributed by atoms with E-state index < -0.39 is 0 Å². The van der Waals surface area contributed by atoms with Gasteiger partial charge in [-0.1, -0.05) is 20.8 Å². The molecule has 1 saturated heterocycles. The number of aromatic nitrogens is 2. The number of nitrogens with one attached hydrogen (secondary N) is 2. The van der Waals surface area contributed by atoms with Gasteiger partial charge < -0.3 is 4.90 Å². The summed E-state index contributed by atoms with van der Waals surface area (Å²) in [4.78, 5) is 13.1. The third-order valence-corrected chi connectivity index (χ3v) is 3.08. The zero-order chi connectivity index (χ0) is 13.7. The lowest BCUT2D eigenvalue weighted by Crippen LogP contribution is -2.26. The number of likely N-dealkylation sites (N-methyl/N-ethyl adjacent to an activating group) is 1. The van der Waals surface area contributed by atoms with Crippen molar-refractivity contribution >= 4 is 11.9 Å². The first-order chi connectivity index (χ1) is 8.21. The number of carbonyl (C=O) groups is 1. The van der Waals surface area contributed by atoms with Gasteiger partial charge in [-0.3, -0.25) is 15.4 Å². The van der Waals surface area contributed by atoms with Crippen LogP contribution in [0, 0.1) is 5.41 Å². The monoisotopic (exact) mass is 249 g/mol. The van der Waals surface area contributed by atoms with Crippen LogP contribution in [-0.2, 0) is 12.5 Å². The lowest BCUT2D eigenvalue weighted by atomic mass is 9.87. The molecule has 0 bridgehead atoms. The van der Waals surface area contributed by atoms with Crippen molar-refractivity contribution in [2.24, 2.45) is 7.05 Å². The van der Waals surface area contributed by atoms with E-state index in [1.54, 1.807) is 11.7 Å². The fraction of sp³-hybridized carbons (Fsp3) is 0.583. The highest BCUT2D eigenvalue weighted by Gasteiger charge is 2.38. The minimum absolute atomic E-state index is 0.122. The molecular weight excluding hydrogens is 230 g/mol. The summed E-state index contributed by atoms with van der Waals surface area (Å²) in [5.41, 5.74) is 1.71. The van der Waals surface area contributed by atoms with Crippen molar-refractivity contribution in [2.45, 2.75) is 32.2 Å². The van der Waals surface area contributed by atoms with E-state index in [2.05, 4.69) is 31.2 Å². The van der Waals surface area contributed by atoms with E-state index in [1.165, 1.54) is 4.90 Å². The van der Waals surface area contributed by atoms with Gasteiger partial charge in [-0.15, -0.1) is 0 Å². The molecule has 1 atom stereocenters. The molecule has 0 aromatic carbocycles. The van der Waals surface area contributed by atoms with Gasteiger partial charge in [0.2, 0.25) is 0 Å². The average Bonchev–Trinajstić information content (AvgIpc) is 2.69. The van der Waals surface area contributed by atoms with Crippen LogP contribution >= 0.6 is 0 Å². The Morgan fingerprint density at radius 2 is 2.00 bits per heavy atom. The van der Waals surface area contributed by atoms with Crippen LogP contribution in [0.1, 0.15) is 38.1 Å². The average molecular weight is 249 g/mol. The van der Waals surface area contributed by atoms with Gasteiger partial charge >= 0.3 is 6.03 Å². The zero-order valence-corrected chi connectivity index (χ0v) is 11.4. The summed E-state index contributed by atoms with van der Waals surface area (Å²) in [6, 6.07) is -0.603. The molecule has 6 nitrogen and oxygen atoms in total. The summed E-state index contributed by atoms with van der Waals surface area (Å²) in [7, 11) is 3.55. The molecule has 1 aromatic heterocycles. The lowest BCUT2D eigenvalue weighted by molar-refractivity contribution is 0.217. The first kappa shape index (κ1) is 12.6. The van der Waals surface area contributed by atoms with Crippen molar-refractivity contribution in [3.05, 3.63) is 17.5 Å². The molecule has 1 unspecified atom stereocenters. The van der Waals surface area contributed by atoms with Gasteiger partial charge in [0.1, 0.15) is 11.9 Å². The van der Waals surface area contributed by atoms with Gasteiger partial charge in [-0.2, -0.15) is 5.10 Å². The summed E-state index contributed by atoms with van der Waals surface area (Å²) in [5.74, 6) is 0.209. The molecule has 2 N–H and O–H groups in total. The summed E-state index contributed by atoms with van der Waals surface area (Å²) in [5, 5.41) is 14.9. The standard InChI is InChI=1S/C12H19N5O/c1-12(2,3)9-7(6-16(4)15-9)8-10(13)14-11(18)17(8)5/h6,8H,1-5H3,(H2,13,14,18). The molecule has 18 heavy (non-hydrogen) atoms. The normalized spacial score (nSPS) is 20.5. The molecule has 1 aliphatic rings. The summed E-state index contributed by atoms with van der Waals surface area (Å²) in [6.45, 7) is 6.23. The Bertz CT molecular complexity index is 511. The lowest BCUT2D eigenvalue weighted by Gasteiger charge is -2.22. The van der Waals surface area contributed by atoms with E-state index in [-0.39, 0.29) is 23.3 Å². The minimum Gasteiger partial charge on any atom is -0.313 e. The van der Waals surface area contributed by atoms with Crippen LogP contribution in [0.3, 0.4) is 0 Å². The topological polar surface area (TPSA) is 74.0 Å². The smallest absolute Gasteiger partial charge is 0.313 e. The number of aryl methyl sites for hydroxylation is 1. The van der Waals surface area contributed by atoms with E-state index in [0.717, 1.165) is 11.3 Å². The molecule has 0 spiro atoms. The van der Waals surface area contributed by atoms with Crippen molar-refractivity contribution in [2.75, 3.05) is 7.05 Å². The summed E-state index contributed by atoms with van der Waals surface area (Å²) < 4.78 is 1.74. The van der Waals surface area contributed by atoms with Crippen LogP contribution in [0.5, 0.6) is 0 Å². The Morgan fingerprint density at radius 1 is 1.39 bits per heavy atom. The number of rotatable bonds is 1. The Labute approximate surface area is 106 Å². The molecule has 0 radical (unpaired) electrons. The molecule has 2 rings (SSSR count). The molecule has 2 amide bonds. The number of amidine groups is 1. The van der Waals surface area contributed by atoms with Crippen molar-refractivity contribution in [1.82, 2.24) is 20.0 Å². The van der Waals surface area contributed by atoms with E-state index >= 15 is 0 Å². The number of amides is 2. The third kappa shape index (κ3) is 1.87. The van der Waals surface area contributed by atoms with Crippen LogP contribution in [0.25, 0.3) is 0 Å². The maximum atomic E-state index is 11.6. The maximum Gasteiger partial charge on any atom is 0.323 e. The number of carbonyl (C=O) groups excluding carboxylic acids is 1. The fourth-order valence-corrected chi connectivity index (χ4v) is 2.24. The summed E-state index contributed by atoms with van der Waals surface area (Å²) >= 11 is 0. The Morgan fingerprint density at radius 3 is 2.44 bits per heavy atom. The molecule has 0 saturated carbocycles. The van der Waals surface area contributed by atoms with Crippen LogP contribution in [0.15, 0.2) is 6.20 Å². The molecule has 1 fully saturated rings. The molecule has 6 heteroatoms. The second-order valence-corrected chi connectivity index (χ2v) is 5.71. The van der Waals surface area contributed by atoms with Crippen LogP contribution in [-0.4, -0.2) is 33.6 Å². The number of hydrogen-bond donors (Lipinski definition) is 2. The maximum absolute atomic E-state index is 11.6. The number of urea groups is 1. The van der Waals surface area contributed by atoms with Gasteiger partial charge in [0, 0.05) is 31.3 Å². The first-order valence-corrected chi connectivity index (χ1v) is 5.88. The number of hydrogen-bond acceptors (Lipinski definition) is 3. The van der Waals surface area contributed by atoms with Crippen LogP contribution in [0.4, 0.5) is 4.79 Å². The van der Waals surface area contributed by atoms with E-state index in [9.17, 15) is 4.79 Å². The third-order valence-electron chi connectivity index (χ3n) is 3.08. The molecule has 2 heterocycles. The van der Waals surface area contributed by atoms with Crippen LogP contribution in [0.2, 0.25) is 0 Å². The van der Waals surface area contributed by atoms with Gasteiger partial charge in [-0.25, -0.2) is 4.79 Å². The second kappa shape index (κ2) is 3.83. The predicted molar refractivity (Wildman–Crippen MR) is 68.7 cm³/mol. The van der Waals surface area contributed by atoms with Gasteiger partial charge in [0.15, 0.2) is 0 Å². The molecule has 0 aliphatic carbocycles. The van der Waals surface area contributed by atoms with E-state index in [4.69, 9.17) is 5.41 Å². The van der Waals surface area contributed by atoms with Gasteiger partial charge in [0.25, 0.3) is 0 Å².